The summed E-state index contributed by atoms with van der Waals surface area (Å²) in [5.41, 5.74) is 6.77. The Bertz CT molecular complexity index is 573. The molecular formula is C20H30N2O3. The summed E-state index contributed by atoms with van der Waals surface area (Å²) in [6.07, 6.45) is 5.47. The van der Waals surface area contributed by atoms with Crippen molar-refractivity contribution in [1.82, 2.24) is 5.32 Å². The molecule has 2 fully saturated rings. The lowest BCUT2D eigenvalue weighted by Gasteiger charge is -2.38. The third-order valence-corrected chi connectivity index (χ3v) is 5.76. The lowest BCUT2D eigenvalue weighted by molar-refractivity contribution is -0.126. The molecule has 0 radical (unpaired) electrons. The molecule has 138 valence electrons. The van der Waals surface area contributed by atoms with Crippen LogP contribution in [0.3, 0.4) is 0 Å². The van der Waals surface area contributed by atoms with Crippen LogP contribution in [0.4, 0.5) is 0 Å². The Kier molecular flexibility index (Phi) is 5.64. The molecule has 0 spiro atoms. The number of nitrogens with two attached hydrogens (primary N) is 1. The van der Waals surface area contributed by atoms with E-state index in [-0.39, 0.29) is 11.3 Å². The topological polar surface area (TPSA) is 73.6 Å². The van der Waals surface area contributed by atoms with E-state index in [1.807, 2.05) is 19.1 Å². The number of carbonyl (C=O) groups excluding carboxylic acids is 1. The van der Waals surface area contributed by atoms with Gasteiger partial charge in [0.2, 0.25) is 5.91 Å². The van der Waals surface area contributed by atoms with Crippen LogP contribution in [0.1, 0.15) is 51.0 Å². The molecule has 1 saturated carbocycles. The SMILES string of the molecule is CCOc1ccc(C2(CNC(=O)C3(N)CCCC3)CCOCC2)cc1. The minimum atomic E-state index is -0.675. The van der Waals surface area contributed by atoms with Crippen molar-refractivity contribution in [2.75, 3.05) is 26.4 Å². The van der Waals surface area contributed by atoms with Crippen LogP contribution in [0.15, 0.2) is 24.3 Å². The fraction of sp³-hybridized carbons (Fsp3) is 0.650. The van der Waals surface area contributed by atoms with Gasteiger partial charge in [0.1, 0.15) is 5.75 Å². The highest BCUT2D eigenvalue weighted by Gasteiger charge is 2.40. The predicted molar refractivity (Wildman–Crippen MR) is 97.7 cm³/mol. The minimum absolute atomic E-state index is 0.00167. The first kappa shape index (κ1) is 18.2. The summed E-state index contributed by atoms with van der Waals surface area (Å²) in [5.74, 6) is 0.881. The van der Waals surface area contributed by atoms with Crippen molar-refractivity contribution < 1.29 is 14.3 Å². The summed E-state index contributed by atoms with van der Waals surface area (Å²) in [6.45, 7) is 4.69. The van der Waals surface area contributed by atoms with Gasteiger partial charge >= 0.3 is 0 Å². The van der Waals surface area contributed by atoms with Crippen molar-refractivity contribution in [3.8, 4) is 5.75 Å². The number of nitrogens with one attached hydrogen (secondary N) is 1. The summed E-state index contributed by atoms with van der Waals surface area (Å²) in [4.78, 5) is 12.6. The highest BCUT2D eigenvalue weighted by atomic mass is 16.5. The molecule has 0 bridgehead atoms. The Morgan fingerprint density at radius 3 is 2.40 bits per heavy atom. The zero-order valence-electron chi connectivity index (χ0n) is 15.2. The Morgan fingerprint density at radius 1 is 1.16 bits per heavy atom. The van der Waals surface area contributed by atoms with E-state index in [2.05, 4.69) is 17.4 Å². The average molecular weight is 346 g/mol. The molecule has 1 amide bonds. The van der Waals surface area contributed by atoms with Crippen molar-refractivity contribution in [3.05, 3.63) is 29.8 Å². The fourth-order valence-electron chi connectivity index (χ4n) is 4.06. The van der Waals surface area contributed by atoms with Crippen LogP contribution >= 0.6 is 0 Å². The van der Waals surface area contributed by atoms with Crippen LogP contribution in [-0.2, 0) is 14.9 Å². The van der Waals surface area contributed by atoms with E-state index in [0.717, 1.165) is 57.5 Å². The molecule has 0 atom stereocenters. The van der Waals surface area contributed by atoms with E-state index < -0.39 is 5.54 Å². The van der Waals surface area contributed by atoms with E-state index in [1.165, 1.54) is 5.56 Å². The Hall–Kier alpha value is -1.59. The maximum atomic E-state index is 12.6. The van der Waals surface area contributed by atoms with E-state index in [1.54, 1.807) is 0 Å². The first-order chi connectivity index (χ1) is 12.1. The second-order valence-corrected chi connectivity index (χ2v) is 7.40. The van der Waals surface area contributed by atoms with Gasteiger partial charge in [0.25, 0.3) is 0 Å². The summed E-state index contributed by atoms with van der Waals surface area (Å²) in [6, 6.07) is 8.27. The van der Waals surface area contributed by atoms with Gasteiger partial charge in [0, 0.05) is 25.2 Å². The van der Waals surface area contributed by atoms with Crippen LogP contribution < -0.4 is 15.8 Å². The maximum Gasteiger partial charge on any atom is 0.240 e. The molecule has 1 saturated heterocycles. The van der Waals surface area contributed by atoms with Gasteiger partial charge < -0.3 is 20.5 Å². The van der Waals surface area contributed by atoms with Crippen LogP contribution in [0, 0.1) is 0 Å². The summed E-state index contributed by atoms with van der Waals surface area (Å²) < 4.78 is 11.1. The number of carbonyl (C=O) groups is 1. The van der Waals surface area contributed by atoms with Crippen LogP contribution in [0.5, 0.6) is 5.75 Å². The molecule has 1 heterocycles. The molecule has 3 rings (SSSR count). The number of ether oxygens (including phenoxy) is 2. The largest absolute Gasteiger partial charge is 0.494 e. The lowest BCUT2D eigenvalue weighted by atomic mass is 9.74. The molecule has 1 aromatic rings. The molecule has 5 heteroatoms. The molecule has 1 aliphatic carbocycles. The smallest absolute Gasteiger partial charge is 0.240 e. The number of rotatable bonds is 6. The highest BCUT2D eigenvalue weighted by Crippen LogP contribution is 2.36. The molecule has 1 aromatic carbocycles. The number of amides is 1. The second-order valence-electron chi connectivity index (χ2n) is 7.40. The van der Waals surface area contributed by atoms with Gasteiger partial charge in [-0.1, -0.05) is 25.0 Å². The van der Waals surface area contributed by atoms with Crippen LogP contribution in [0.2, 0.25) is 0 Å². The van der Waals surface area contributed by atoms with E-state index in [0.29, 0.717) is 13.2 Å². The van der Waals surface area contributed by atoms with Gasteiger partial charge in [-0.3, -0.25) is 4.79 Å². The maximum absolute atomic E-state index is 12.6. The summed E-state index contributed by atoms with van der Waals surface area (Å²) >= 11 is 0. The zero-order chi connectivity index (χ0) is 17.8. The van der Waals surface area contributed by atoms with E-state index >= 15 is 0 Å². The summed E-state index contributed by atoms with van der Waals surface area (Å²) in [5, 5.41) is 3.16. The normalized spacial score (nSPS) is 21.7. The molecule has 5 nitrogen and oxygen atoms in total. The van der Waals surface area contributed by atoms with Crippen LogP contribution in [0.25, 0.3) is 0 Å². The Morgan fingerprint density at radius 2 is 1.80 bits per heavy atom. The minimum Gasteiger partial charge on any atom is -0.494 e. The molecule has 1 aliphatic heterocycles. The highest BCUT2D eigenvalue weighted by molar-refractivity contribution is 5.86. The molecule has 25 heavy (non-hydrogen) atoms. The van der Waals surface area contributed by atoms with Gasteiger partial charge in [-0.05, 0) is 50.3 Å². The molecule has 3 N–H and O–H groups in total. The lowest BCUT2D eigenvalue weighted by Crippen LogP contribution is -2.55. The fourth-order valence-corrected chi connectivity index (χ4v) is 4.06. The number of hydrogen-bond acceptors (Lipinski definition) is 4. The van der Waals surface area contributed by atoms with Gasteiger partial charge in [0.15, 0.2) is 0 Å². The van der Waals surface area contributed by atoms with E-state index in [9.17, 15) is 4.79 Å². The van der Waals surface area contributed by atoms with Crippen molar-refractivity contribution in [3.63, 3.8) is 0 Å². The Labute approximate surface area is 150 Å². The van der Waals surface area contributed by atoms with Crippen molar-refractivity contribution >= 4 is 5.91 Å². The molecule has 0 aromatic heterocycles. The van der Waals surface area contributed by atoms with Crippen molar-refractivity contribution in [1.29, 1.82) is 0 Å². The molecule has 2 aliphatic rings. The molecular weight excluding hydrogens is 316 g/mol. The third-order valence-electron chi connectivity index (χ3n) is 5.76. The van der Waals surface area contributed by atoms with Crippen molar-refractivity contribution in [2.24, 2.45) is 5.73 Å². The summed E-state index contributed by atoms with van der Waals surface area (Å²) in [7, 11) is 0. The average Bonchev–Trinajstić information content (AvgIpc) is 3.09. The van der Waals surface area contributed by atoms with Gasteiger partial charge in [0.05, 0.1) is 12.1 Å². The predicted octanol–water partition coefficient (Wildman–Crippen LogP) is 2.52. The van der Waals surface area contributed by atoms with Gasteiger partial charge in [-0.15, -0.1) is 0 Å². The van der Waals surface area contributed by atoms with Gasteiger partial charge in [-0.25, -0.2) is 0 Å². The molecule has 0 unspecified atom stereocenters. The number of hydrogen-bond donors (Lipinski definition) is 2. The second kappa shape index (κ2) is 7.75. The monoisotopic (exact) mass is 346 g/mol. The van der Waals surface area contributed by atoms with Crippen LogP contribution in [-0.4, -0.2) is 37.8 Å². The van der Waals surface area contributed by atoms with Crippen molar-refractivity contribution in [2.45, 2.75) is 56.4 Å². The number of benzene rings is 1. The zero-order valence-corrected chi connectivity index (χ0v) is 15.2. The van der Waals surface area contributed by atoms with Gasteiger partial charge in [-0.2, -0.15) is 0 Å². The third kappa shape index (κ3) is 3.98. The first-order valence-electron chi connectivity index (χ1n) is 9.46. The van der Waals surface area contributed by atoms with E-state index in [4.69, 9.17) is 15.2 Å². The standard InChI is InChI=1S/C20H30N2O3/c1-2-25-17-7-5-16(6-8-17)19(11-13-24-14-12-19)15-22-18(23)20(21)9-3-4-10-20/h5-8H,2-4,9-15,21H2,1H3,(H,22,23). The first-order valence-corrected chi connectivity index (χ1v) is 9.46. The quantitative estimate of drug-likeness (QED) is 0.830. The Balaban J connectivity index is 1.73.